The Morgan fingerprint density at radius 2 is 1.59 bits per heavy atom. The van der Waals surface area contributed by atoms with E-state index in [0.29, 0.717) is 11.3 Å². The molecule has 1 saturated carbocycles. The van der Waals surface area contributed by atoms with Gasteiger partial charge < -0.3 is 10.2 Å². The normalized spacial score (nSPS) is 14.7. The molecule has 0 spiro atoms. The summed E-state index contributed by atoms with van der Waals surface area (Å²) in [5, 5.41) is 3.08. The number of benzene rings is 3. The molecule has 3 aromatic rings. The van der Waals surface area contributed by atoms with E-state index in [1.165, 1.54) is 29.2 Å². The summed E-state index contributed by atoms with van der Waals surface area (Å²) in [7, 11) is -4.13. The molecule has 0 bridgehead atoms. The highest BCUT2D eigenvalue weighted by atomic mass is 32.2. The van der Waals surface area contributed by atoms with Gasteiger partial charge in [0.25, 0.3) is 10.0 Å². The summed E-state index contributed by atoms with van der Waals surface area (Å²) in [6.07, 6.45) is 5.00. The van der Waals surface area contributed by atoms with Crippen LogP contribution in [0.1, 0.15) is 55.7 Å². The first-order valence-corrected chi connectivity index (χ1v) is 15.5. The molecule has 0 saturated heterocycles. The van der Waals surface area contributed by atoms with E-state index in [-0.39, 0.29) is 23.4 Å². The van der Waals surface area contributed by atoms with Crippen LogP contribution in [0, 0.1) is 19.7 Å². The number of nitrogens with one attached hydrogen (secondary N) is 1. The molecule has 1 atom stereocenters. The third-order valence-corrected chi connectivity index (χ3v) is 9.35. The predicted molar refractivity (Wildman–Crippen MR) is 158 cm³/mol. The van der Waals surface area contributed by atoms with Crippen LogP contribution in [0.5, 0.6) is 0 Å². The number of carbonyl (C=O) groups excluding carboxylic acids is 2. The minimum Gasteiger partial charge on any atom is -0.352 e. The molecule has 1 aliphatic rings. The zero-order valence-electron chi connectivity index (χ0n) is 23.8. The number of hydrogen-bond acceptors (Lipinski definition) is 4. The van der Waals surface area contributed by atoms with E-state index in [1.54, 1.807) is 49.4 Å². The number of anilines is 1. The molecular formula is C32H38FN3O4S. The van der Waals surface area contributed by atoms with E-state index in [4.69, 9.17) is 0 Å². The molecular weight excluding hydrogens is 541 g/mol. The standard InChI is InChI=1S/C32H38FN3O4S/c1-23-12-18-30(19-13-23)41(39,40)36(29-11-7-8-24(2)20-29)22-31(37)35(21-26-14-16-27(33)17-15-26)25(3)32(38)34-28-9-5-4-6-10-28/h7-8,11-20,25,28H,4-6,9-10,21-22H2,1-3H3,(H,34,38)/t25-/m0/s1. The van der Waals surface area contributed by atoms with Crippen molar-refractivity contribution in [1.29, 1.82) is 0 Å². The van der Waals surface area contributed by atoms with Crippen LogP contribution in [0.15, 0.2) is 77.7 Å². The highest BCUT2D eigenvalue weighted by Crippen LogP contribution is 2.26. The first-order chi connectivity index (χ1) is 19.5. The fourth-order valence-electron chi connectivity index (χ4n) is 5.09. The summed E-state index contributed by atoms with van der Waals surface area (Å²) in [5.74, 6) is -1.25. The molecule has 41 heavy (non-hydrogen) atoms. The molecule has 3 aromatic carbocycles. The Kier molecular flexibility index (Phi) is 9.81. The average molecular weight is 580 g/mol. The molecule has 2 amide bonds. The maximum atomic E-state index is 14.0. The number of rotatable bonds is 10. The zero-order valence-corrected chi connectivity index (χ0v) is 24.7. The molecule has 0 aromatic heterocycles. The lowest BCUT2D eigenvalue weighted by Gasteiger charge is -2.33. The van der Waals surface area contributed by atoms with Crippen LogP contribution in [-0.2, 0) is 26.2 Å². The smallest absolute Gasteiger partial charge is 0.264 e. The van der Waals surface area contributed by atoms with Crippen molar-refractivity contribution in [3.63, 3.8) is 0 Å². The van der Waals surface area contributed by atoms with Crippen molar-refractivity contribution in [3.8, 4) is 0 Å². The Labute approximate surface area is 242 Å². The number of carbonyl (C=O) groups is 2. The fraction of sp³-hybridized carbons (Fsp3) is 0.375. The van der Waals surface area contributed by atoms with Crippen LogP contribution in [-0.4, -0.2) is 43.8 Å². The molecule has 9 heteroatoms. The van der Waals surface area contributed by atoms with E-state index >= 15 is 0 Å². The molecule has 1 aliphatic carbocycles. The molecule has 218 valence electrons. The van der Waals surface area contributed by atoms with E-state index < -0.39 is 34.3 Å². The van der Waals surface area contributed by atoms with Gasteiger partial charge in [-0.2, -0.15) is 0 Å². The average Bonchev–Trinajstić information content (AvgIpc) is 2.95. The molecule has 0 radical (unpaired) electrons. The van der Waals surface area contributed by atoms with E-state index in [0.717, 1.165) is 47.5 Å². The maximum absolute atomic E-state index is 14.0. The summed E-state index contributed by atoms with van der Waals surface area (Å²) in [4.78, 5) is 28.8. The summed E-state index contributed by atoms with van der Waals surface area (Å²) in [5.41, 5.74) is 2.72. The zero-order chi connectivity index (χ0) is 29.6. The topological polar surface area (TPSA) is 86.8 Å². The fourth-order valence-corrected chi connectivity index (χ4v) is 6.49. The Hall–Kier alpha value is -3.72. The van der Waals surface area contributed by atoms with Gasteiger partial charge in [-0.1, -0.05) is 61.2 Å². The van der Waals surface area contributed by atoms with Gasteiger partial charge in [-0.15, -0.1) is 0 Å². The van der Waals surface area contributed by atoms with Crippen molar-refractivity contribution >= 4 is 27.5 Å². The van der Waals surface area contributed by atoms with Gasteiger partial charge in [0.05, 0.1) is 10.6 Å². The van der Waals surface area contributed by atoms with Gasteiger partial charge in [0.1, 0.15) is 18.4 Å². The molecule has 4 rings (SSSR count). The first-order valence-electron chi connectivity index (χ1n) is 14.0. The van der Waals surface area contributed by atoms with Crippen LogP contribution in [0.2, 0.25) is 0 Å². The Morgan fingerprint density at radius 3 is 2.22 bits per heavy atom. The Bertz CT molecular complexity index is 1450. The number of sulfonamides is 1. The lowest BCUT2D eigenvalue weighted by Crippen LogP contribution is -2.53. The maximum Gasteiger partial charge on any atom is 0.264 e. The molecule has 0 heterocycles. The first kappa shape index (κ1) is 30.2. The van der Waals surface area contributed by atoms with Crippen molar-refractivity contribution in [3.05, 3.63) is 95.3 Å². The Morgan fingerprint density at radius 1 is 0.927 bits per heavy atom. The van der Waals surface area contributed by atoms with Gasteiger partial charge in [-0.25, -0.2) is 12.8 Å². The van der Waals surface area contributed by atoms with E-state index in [1.807, 2.05) is 19.9 Å². The van der Waals surface area contributed by atoms with Crippen LogP contribution in [0.4, 0.5) is 10.1 Å². The van der Waals surface area contributed by atoms with Crippen LogP contribution >= 0.6 is 0 Å². The third-order valence-electron chi connectivity index (χ3n) is 7.56. The van der Waals surface area contributed by atoms with E-state index in [2.05, 4.69) is 5.32 Å². The van der Waals surface area contributed by atoms with E-state index in [9.17, 15) is 22.4 Å². The minimum atomic E-state index is -4.13. The third kappa shape index (κ3) is 7.73. The summed E-state index contributed by atoms with van der Waals surface area (Å²) >= 11 is 0. The van der Waals surface area contributed by atoms with Gasteiger partial charge >= 0.3 is 0 Å². The summed E-state index contributed by atoms with van der Waals surface area (Å²) in [6, 6.07) is 18.3. The summed E-state index contributed by atoms with van der Waals surface area (Å²) < 4.78 is 42.5. The lowest BCUT2D eigenvalue weighted by molar-refractivity contribution is -0.139. The predicted octanol–water partition coefficient (Wildman–Crippen LogP) is 5.50. The second-order valence-corrected chi connectivity index (χ2v) is 12.7. The van der Waals surface area contributed by atoms with Crippen LogP contribution in [0.25, 0.3) is 0 Å². The number of aryl methyl sites for hydroxylation is 2. The number of hydrogen-bond donors (Lipinski definition) is 1. The molecule has 1 fully saturated rings. The highest BCUT2D eigenvalue weighted by molar-refractivity contribution is 7.92. The SMILES string of the molecule is Cc1ccc(S(=O)(=O)N(CC(=O)N(Cc2ccc(F)cc2)[C@@H](C)C(=O)NC2CCCCC2)c2cccc(C)c2)cc1. The van der Waals surface area contributed by atoms with Crippen molar-refractivity contribution in [1.82, 2.24) is 10.2 Å². The van der Waals surface area contributed by atoms with Crippen molar-refractivity contribution in [2.45, 2.75) is 76.4 Å². The largest absolute Gasteiger partial charge is 0.352 e. The van der Waals surface area contributed by atoms with Crippen molar-refractivity contribution in [2.24, 2.45) is 0 Å². The van der Waals surface area contributed by atoms with Gasteiger partial charge in [-0.3, -0.25) is 13.9 Å². The van der Waals surface area contributed by atoms with Gasteiger partial charge in [0.2, 0.25) is 11.8 Å². The van der Waals surface area contributed by atoms with Gasteiger partial charge in [0, 0.05) is 12.6 Å². The molecule has 0 unspecified atom stereocenters. The summed E-state index contributed by atoms with van der Waals surface area (Å²) in [6.45, 7) is 4.86. The second kappa shape index (κ2) is 13.3. The quantitative estimate of drug-likeness (QED) is 0.344. The minimum absolute atomic E-state index is 0.0185. The molecule has 7 nitrogen and oxygen atoms in total. The van der Waals surface area contributed by atoms with Crippen molar-refractivity contribution in [2.75, 3.05) is 10.8 Å². The monoisotopic (exact) mass is 579 g/mol. The second-order valence-electron chi connectivity index (χ2n) is 10.8. The Balaban J connectivity index is 1.67. The number of halogens is 1. The number of nitrogens with zero attached hydrogens (tertiary/aromatic N) is 2. The van der Waals surface area contributed by atoms with Crippen LogP contribution in [0.3, 0.4) is 0 Å². The van der Waals surface area contributed by atoms with Gasteiger partial charge in [0.15, 0.2) is 0 Å². The van der Waals surface area contributed by atoms with Gasteiger partial charge in [-0.05, 0) is 81.1 Å². The molecule has 1 N–H and O–H groups in total. The molecule has 0 aliphatic heterocycles. The highest BCUT2D eigenvalue weighted by Gasteiger charge is 2.33. The van der Waals surface area contributed by atoms with Crippen molar-refractivity contribution < 1.29 is 22.4 Å². The lowest BCUT2D eigenvalue weighted by atomic mass is 9.95. The van der Waals surface area contributed by atoms with Crippen LogP contribution < -0.4 is 9.62 Å². The number of amides is 2.